The van der Waals surface area contributed by atoms with E-state index in [2.05, 4.69) is 15.4 Å². The molecule has 0 aliphatic carbocycles. The molecule has 0 aliphatic heterocycles. The van der Waals surface area contributed by atoms with E-state index in [0.29, 0.717) is 5.82 Å². The zero-order valence-corrected chi connectivity index (χ0v) is 6.53. The summed E-state index contributed by atoms with van der Waals surface area (Å²) in [5.41, 5.74) is 7.15. The van der Waals surface area contributed by atoms with Crippen molar-refractivity contribution in [2.75, 3.05) is 5.73 Å². The van der Waals surface area contributed by atoms with E-state index in [1.54, 1.807) is 12.3 Å². The number of nitrogens with one attached hydrogen (secondary N) is 1. The van der Waals surface area contributed by atoms with Gasteiger partial charge in [0.2, 0.25) is 0 Å². The molecule has 0 spiro atoms. The molecule has 12 heavy (non-hydrogen) atoms. The Balaban J connectivity index is 2.50. The summed E-state index contributed by atoms with van der Waals surface area (Å²) in [6.45, 7) is 1.83. The summed E-state index contributed by atoms with van der Waals surface area (Å²) in [5, 5.41) is 10.2. The van der Waals surface area contributed by atoms with Gasteiger partial charge in [-0.2, -0.15) is 5.10 Å². The SMILES string of the molecule is Cc1oncc1-c1cc(N)n[nH]1. The van der Waals surface area contributed by atoms with E-state index in [0.717, 1.165) is 17.0 Å². The topological polar surface area (TPSA) is 80.7 Å². The van der Waals surface area contributed by atoms with Gasteiger partial charge in [0.05, 0.1) is 17.5 Å². The van der Waals surface area contributed by atoms with Gasteiger partial charge in [-0.1, -0.05) is 5.16 Å². The van der Waals surface area contributed by atoms with E-state index in [1.807, 2.05) is 6.92 Å². The second-order valence-corrected chi connectivity index (χ2v) is 2.50. The van der Waals surface area contributed by atoms with Gasteiger partial charge in [0.25, 0.3) is 0 Å². The van der Waals surface area contributed by atoms with Crippen molar-refractivity contribution in [1.29, 1.82) is 0 Å². The average Bonchev–Trinajstić information content (AvgIpc) is 2.58. The average molecular weight is 164 g/mol. The number of aromatic amines is 1. The monoisotopic (exact) mass is 164 g/mol. The second kappa shape index (κ2) is 2.37. The smallest absolute Gasteiger partial charge is 0.145 e. The molecule has 2 heterocycles. The molecule has 2 rings (SSSR count). The van der Waals surface area contributed by atoms with Crippen LogP contribution in [-0.4, -0.2) is 15.4 Å². The van der Waals surface area contributed by atoms with Gasteiger partial charge in [0.15, 0.2) is 0 Å². The Morgan fingerprint density at radius 3 is 2.92 bits per heavy atom. The van der Waals surface area contributed by atoms with Crippen LogP contribution >= 0.6 is 0 Å². The van der Waals surface area contributed by atoms with E-state index in [4.69, 9.17) is 10.3 Å². The van der Waals surface area contributed by atoms with Gasteiger partial charge in [-0.3, -0.25) is 5.10 Å². The predicted octanol–water partition coefficient (Wildman–Crippen LogP) is 0.955. The molecular formula is C7H8N4O. The summed E-state index contributed by atoms with van der Waals surface area (Å²) in [5.74, 6) is 1.21. The highest BCUT2D eigenvalue weighted by Gasteiger charge is 2.07. The fourth-order valence-electron chi connectivity index (χ4n) is 1.03. The van der Waals surface area contributed by atoms with E-state index in [1.165, 1.54) is 0 Å². The van der Waals surface area contributed by atoms with Crippen LogP contribution in [0.4, 0.5) is 5.82 Å². The van der Waals surface area contributed by atoms with Crippen LogP contribution in [0.3, 0.4) is 0 Å². The molecule has 0 amide bonds. The van der Waals surface area contributed by atoms with Crippen LogP contribution in [0, 0.1) is 6.92 Å². The Bertz CT molecular complexity index is 390. The van der Waals surface area contributed by atoms with Crippen molar-refractivity contribution in [1.82, 2.24) is 15.4 Å². The maximum absolute atomic E-state index is 5.44. The minimum atomic E-state index is 0.464. The molecule has 62 valence electrons. The first-order chi connectivity index (χ1) is 5.77. The molecule has 0 saturated carbocycles. The second-order valence-electron chi connectivity index (χ2n) is 2.50. The molecule has 2 aromatic heterocycles. The number of aryl methyl sites for hydroxylation is 1. The number of nitrogen functional groups attached to an aromatic ring is 1. The lowest BCUT2D eigenvalue weighted by molar-refractivity contribution is 0.398. The molecule has 0 atom stereocenters. The van der Waals surface area contributed by atoms with Crippen LogP contribution in [0.25, 0.3) is 11.3 Å². The summed E-state index contributed by atoms with van der Waals surface area (Å²) < 4.78 is 4.89. The molecule has 0 unspecified atom stereocenters. The van der Waals surface area contributed by atoms with Gasteiger partial charge < -0.3 is 10.3 Å². The number of aromatic nitrogens is 3. The first kappa shape index (κ1) is 6.90. The summed E-state index contributed by atoms with van der Waals surface area (Å²) in [6, 6.07) is 1.74. The van der Waals surface area contributed by atoms with Gasteiger partial charge in [-0.05, 0) is 6.92 Å². The molecular weight excluding hydrogens is 156 g/mol. The Hall–Kier alpha value is -1.78. The van der Waals surface area contributed by atoms with Crippen LogP contribution in [0.1, 0.15) is 5.76 Å². The fourth-order valence-corrected chi connectivity index (χ4v) is 1.03. The summed E-state index contributed by atoms with van der Waals surface area (Å²) in [4.78, 5) is 0. The third-order valence-corrected chi connectivity index (χ3v) is 1.64. The van der Waals surface area contributed by atoms with Gasteiger partial charge in [-0.25, -0.2) is 0 Å². The molecule has 0 saturated heterocycles. The number of hydrogen-bond donors (Lipinski definition) is 2. The number of hydrogen-bond acceptors (Lipinski definition) is 4. The lowest BCUT2D eigenvalue weighted by atomic mass is 10.2. The molecule has 0 bridgehead atoms. The Morgan fingerprint density at radius 1 is 1.58 bits per heavy atom. The summed E-state index contributed by atoms with van der Waals surface area (Å²) in [6.07, 6.45) is 1.63. The Labute approximate surface area is 68.6 Å². The van der Waals surface area contributed by atoms with Crippen LogP contribution < -0.4 is 5.73 Å². The van der Waals surface area contributed by atoms with E-state index >= 15 is 0 Å². The molecule has 5 nitrogen and oxygen atoms in total. The lowest BCUT2D eigenvalue weighted by Gasteiger charge is -1.88. The molecule has 3 N–H and O–H groups in total. The van der Waals surface area contributed by atoms with Gasteiger partial charge in [0.1, 0.15) is 11.6 Å². The number of nitrogens with zero attached hydrogens (tertiary/aromatic N) is 2. The number of anilines is 1. The highest BCUT2D eigenvalue weighted by atomic mass is 16.5. The van der Waals surface area contributed by atoms with Gasteiger partial charge in [0, 0.05) is 6.07 Å². The molecule has 5 heteroatoms. The van der Waals surface area contributed by atoms with Gasteiger partial charge >= 0.3 is 0 Å². The van der Waals surface area contributed by atoms with E-state index < -0.39 is 0 Å². The van der Waals surface area contributed by atoms with Crippen LogP contribution in [0.15, 0.2) is 16.8 Å². The molecule has 0 aromatic carbocycles. The van der Waals surface area contributed by atoms with Crippen molar-refractivity contribution in [3.8, 4) is 11.3 Å². The van der Waals surface area contributed by atoms with Crippen molar-refractivity contribution in [2.45, 2.75) is 6.92 Å². The van der Waals surface area contributed by atoms with Crippen molar-refractivity contribution in [3.63, 3.8) is 0 Å². The van der Waals surface area contributed by atoms with E-state index in [-0.39, 0.29) is 0 Å². The molecule has 0 fully saturated rings. The summed E-state index contributed by atoms with van der Waals surface area (Å²) in [7, 11) is 0. The van der Waals surface area contributed by atoms with Gasteiger partial charge in [-0.15, -0.1) is 0 Å². The first-order valence-corrected chi connectivity index (χ1v) is 3.50. The minimum Gasteiger partial charge on any atom is -0.382 e. The standard InChI is InChI=1S/C7H8N4O/c1-4-5(3-9-12-4)6-2-7(8)11-10-6/h2-3H,1H3,(H3,8,10,11). The Morgan fingerprint density at radius 2 is 2.42 bits per heavy atom. The van der Waals surface area contributed by atoms with Crippen molar-refractivity contribution >= 4 is 5.82 Å². The van der Waals surface area contributed by atoms with Crippen molar-refractivity contribution < 1.29 is 4.52 Å². The van der Waals surface area contributed by atoms with Crippen LogP contribution in [0.2, 0.25) is 0 Å². The zero-order valence-electron chi connectivity index (χ0n) is 6.53. The third kappa shape index (κ3) is 0.952. The van der Waals surface area contributed by atoms with Crippen molar-refractivity contribution in [2.24, 2.45) is 0 Å². The van der Waals surface area contributed by atoms with Crippen LogP contribution in [0.5, 0.6) is 0 Å². The quantitative estimate of drug-likeness (QED) is 0.657. The summed E-state index contributed by atoms with van der Waals surface area (Å²) >= 11 is 0. The van der Waals surface area contributed by atoms with Crippen molar-refractivity contribution in [3.05, 3.63) is 18.0 Å². The Kier molecular flexibility index (Phi) is 1.36. The number of nitrogens with two attached hydrogens (primary N) is 1. The highest BCUT2D eigenvalue weighted by Crippen LogP contribution is 2.21. The third-order valence-electron chi connectivity index (χ3n) is 1.64. The molecule has 2 aromatic rings. The number of rotatable bonds is 1. The number of H-pyrrole nitrogens is 1. The largest absolute Gasteiger partial charge is 0.382 e. The first-order valence-electron chi connectivity index (χ1n) is 3.50. The maximum atomic E-state index is 5.44. The highest BCUT2D eigenvalue weighted by molar-refractivity contribution is 5.62. The fraction of sp³-hybridized carbons (Fsp3) is 0.143. The zero-order chi connectivity index (χ0) is 8.55. The van der Waals surface area contributed by atoms with Crippen LogP contribution in [-0.2, 0) is 0 Å². The van der Waals surface area contributed by atoms with E-state index in [9.17, 15) is 0 Å². The molecule has 0 aliphatic rings. The normalized spacial score (nSPS) is 10.4. The molecule has 0 radical (unpaired) electrons. The lowest BCUT2D eigenvalue weighted by Crippen LogP contribution is -1.81. The maximum Gasteiger partial charge on any atom is 0.145 e. The minimum absolute atomic E-state index is 0.464. The predicted molar refractivity (Wildman–Crippen MR) is 43.2 cm³/mol.